The summed E-state index contributed by atoms with van der Waals surface area (Å²) in [5.41, 5.74) is 0.817. The van der Waals surface area contributed by atoms with Crippen LogP contribution >= 0.6 is 0 Å². The third-order valence-electron chi connectivity index (χ3n) is 3.14. The molecular weight excluding hydrogens is 293 g/mol. The molecule has 21 heavy (non-hydrogen) atoms. The molecule has 0 aliphatic carbocycles. The van der Waals surface area contributed by atoms with Gasteiger partial charge in [0.2, 0.25) is 10.0 Å². The van der Waals surface area contributed by atoms with Crippen molar-refractivity contribution in [3.63, 3.8) is 0 Å². The Labute approximate surface area is 123 Å². The van der Waals surface area contributed by atoms with E-state index < -0.39 is 15.8 Å². The molecule has 0 aromatic heterocycles. The van der Waals surface area contributed by atoms with Crippen molar-refractivity contribution < 1.29 is 17.9 Å². The van der Waals surface area contributed by atoms with E-state index in [4.69, 9.17) is 5.11 Å². The molecule has 0 heterocycles. The number of aliphatic hydroxyl groups excluding tert-OH is 1. The van der Waals surface area contributed by atoms with Gasteiger partial charge in [-0.1, -0.05) is 30.3 Å². The second-order valence-corrected chi connectivity index (χ2v) is 6.70. The number of benzene rings is 2. The number of aliphatic hydroxyl groups is 1. The first-order valence-electron chi connectivity index (χ1n) is 6.34. The van der Waals surface area contributed by atoms with E-state index in [9.17, 15) is 12.8 Å². The van der Waals surface area contributed by atoms with Crippen molar-refractivity contribution in [3.05, 3.63) is 65.5 Å². The Kier molecular flexibility index (Phi) is 4.72. The van der Waals surface area contributed by atoms with Gasteiger partial charge in [0.1, 0.15) is 5.82 Å². The Morgan fingerprint density at radius 3 is 2.52 bits per heavy atom. The molecule has 0 spiro atoms. The first-order valence-corrected chi connectivity index (χ1v) is 7.78. The van der Waals surface area contributed by atoms with Crippen molar-refractivity contribution >= 4 is 10.0 Å². The molecule has 6 heteroatoms. The zero-order valence-electron chi connectivity index (χ0n) is 11.5. The van der Waals surface area contributed by atoms with Gasteiger partial charge in [-0.15, -0.1) is 0 Å². The molecule has 2 rings (SSSR count). The van der Waals surface area contributed by atoms with Crippen LogP contribution in [0, 0.1) is 5.82 Å². The average Bonchev–Trinajstić information content (AvgIpc) is 2.49. The summed E-state index contributed by atoms with van der Waals surface area (Å²) in [4.78, 5) is 0.0767. The Bertz CT molecular complexity index is 731. The number of rotatable bonds is 5. The standard InChI is InChI=1S/C15H16FNO3S/c1-17(10-13-6-2-3-8-15(13)16)21(19,20)14-7-4-5-12(9-14)11-18/h2-9,18H,10-11H2,1H3. The van der Waals surface area contributed by atoms with Gasteiger partial charge in [-0.05, 0) is 23.8 Å². The summed E-state index contributed by atoms with van der Waals surface area (Å²) in [6.45, 7) is -0.293. The Balaban J connectivity index is 2.28. The zero-order chi connectivity index (χ0) is 15.5. The van der Waals surface area contributed by atoms with Gasteiger partial charge in [0.25, 0.3) is 0 Å². The predicted octanol–water partition coefficient (Wildman–Crippen LogP) is 2.14. The first-order chi connectivity index (χ1) is 9.95. The van der Waals surface area contributed by atoms with Gasteiger partial charge in [0.05, 0.1) is 11.5 Å². The number of sulfonamides is 1. The highest BCUT2D eigenvalue weighted by atomic mass is 32.2. The lowest BCUT2D eigenvalue weighted by Gasteiger charge is -2.18. The SMILES string of the molecule is CN(Cc1ccccc1F)S(=O)(=O)c1cccc(CO)c1. The second kappa shape index (κ2) is 6.34. The molecule has 0 atom stereocenters. The van der Waals surface area contributed by atoms with Gasteiger partial charge in [-0.2, -0.15) is 4.31 Å². The minimum absolute atomic E-state index is 0.0572. The van der Waals surface area contributed by atoms with Crippen LogP contribution in [0.5, 0.6) is 0 Å². The van der Waals surface area contributed by atoms with Crippen LogP contribution in [0.1, 0.15) is 11.1 Å². The van der Waals surface area contributed by atoms with E-state index >= 15 is 0 Å². The Hall–Kier alpha value is -1.76. The van der Waals surface area contributed by atoms with Crippen molar-refractivity contribution in [2.24, 2.45) is 0 Å². The predicted molar refractivity (Wildman–Crippen MR) is 77.4 cm³/mol. The molecule has 0 unspecified atom stereocenters. The smallest absolute Gasteiger partial charge is 0.243 e. The molecule has 0 aliphatic heterocycles. The maximum atomic E-state index is 13.6. The normalized spacial score (nSPS) is 11.8. The highest BCUT2D eigenvalue weighted by Gasteiger charge is 2.22. The molecule has 0 amide bonds. The van der Waals surface area contributed by atoms with Gasteiger partial charge >= 0.3 is 0 Å². The zero-order valence-corrected chi connectivity index (χ0v) is 12.3. The molecule has 112 valence electrons. The molecule has 2 aromatic carbocycles. The highest BCUT2D eigenvalue weighted by Crippen LogP contribution is 2.19. The molecule has 0 bridgehead atoms. The van der Waals surface area contributed by atoms with E-state index in [-0.39, 0.29) is 18.0 Å². The van der Waals surface area contributed by atoms with Crippen molar-refractivity contribution in [1.29, 1.82) is 0 Å². The minimum atomic E-state index is -3.73. The van der Waals surface area contributed by atoms with Gasteiger partial charge < -0.3 is 5.11 Å². The van der Waals surface area contributed by atoms with Crippen LogP contribution in [0.4, 0.5) is 4.39 Å². The maximum Gasteiger partial charge on any atom is 0.243 e. The molecule has 0 aliphatic rings. The third kappa shape index (κ3) is 3.47. The molecular formula is C15H16FNO3S. The van der Waals surface area contributed by atoms with E-state index in [0.717, 1.165) is 4.31 Å². The van der Waals surface area contributed by atoms with Crippen LogP contribution in [0.25, 0.3) is 0 Å². The van der Waals surface area contributed by atoms with E-state index in [1.54, 1.807) is 30.3 Å². The summed E-state index contributed by atoms with van der Waals surface area (Å²) in [5, 5.41) is 9.08. The molecule has 0 radical (unpaired) electrons. The van der Waals surface area contributed by atoms with Crippen LogP contribution in [0.3, 0.4) is 0 Å². The van der Waals surface area contributed by atoms with Crippen molar-refractivity contribution in [1.82, 2.24) is 4.31 Å². The van der Waals surface area contributed by atoms with E-state index in [2.05, 4.69) is 0 Å². The molecule has 1 N–H and O–H groups in total. The van der Waals surface area contributed by atoms with Gasteiger partial charge in [0, 0.05) is 19.2 Å². The number of nitrogens with zero attached hydrogens (tertiary/aromatic N) is 1. The summed E-state index contributed by atoms with van der Waals surface area (Å²) >= 11 is 0. The molecule has 0 fully saturated rings. The van der Waals surface area contributed by atoms with Crippen LogP contribution in [0.2, 0.25) is 0 Å². The lowest BCUT2D eigenvalue weighted by molar-refractivity contribution is 0.281. The quantitative estimate of drug-likeness (QED) is 0.920. The third-order valence-corrected chi connectivity index (χ3v) is 4.94. The monoisotopic (exact) mass is 309 g/mol. The van der Waals surface area contributed by atoms with Crippen LogP contribution in [-0.4, -0.2) is 24.9 Å². The lowest BCUT2D eigenvalue weighted by atomic mass is 10.2. The van der Waals surface area contributed by atoms with Crippen LogP contribution in [0.15, 0.2) is 53.4 Å². The van der Waals surface area contributed by atoms with Gasteiger partial charge in [-0.25, -0.2) is 12.8 Å². The summed E-state index contributed by atoms with van der Waals surface area (Å²) in [5.74, 6) is -0.441. The minimum Gasteiger partial charge on any atom is -0.392 e. The fraction of sp³-hybridized carbons (Fsp3) is 0.200. The number of hydrogen-bond donors (Lipinski definition) is 1. The second-order valence-electron chi connectivity index (χ2n) is 4.66. The largest absolute Gasteiger partial charge is 0.392 e. The van der Waals surface area contributed by atoms with Gasteiger partial charge in [0.15, 0.2) is 0 Å². The summed E-state index contributed by atoms with van der Waals surface area (Å²) in [6.07, 6.45) is 0. The Morgan fingerprint density at radius 1 is 1.14 bits per heavy atom. The average molecular weight is 309 g/mol. The van der Waals surface area contributed by atoms with Crippen molar-refractivity contribution in [2.75, 3.05) is 7.05 Å². The maximum absolute atomic E-state index is 13.6. The van der Waals surface area contributed by atoms with Crippen molar-refractivity contribution in [3.8, 4) is 0 Å². The molecule has 4 nitrogen and oxygen atoms in total. The summed E-state index contributed by atoms with van der Waals surface area (Å²) in [6, 6.07) is 12.1. The lowest BCUT2D eigenvalue weighted by Crippen LogP contribution is -2.27. The summed E-state index contributed by atoms with van der Waals surface area (Å²) < 4.78 is 39.6. The topological polar surface area (TPSA) is 57.6 Å². The number of hydrogen-bond acceptors (Lipinski definition) is 3. The van der Waals surface area contributed by atoms with Gasteiger partial charge in [-0.3, -0.25) is 0 Å². The van der Waals surface area contributed by atoms with Crippen molar-refractivity contribution in [2.45, 2.75) is 18.0 Å². The highest BCUT2D eigenvalue weighted by molar-refractivity contribution is 7.89. The number of halogens is 1. The van der Waals surface area contributed by atoms with E-state index in [1.807, 2.05) is 0 Å². The first kappa shape index (κ1) is 15.6. The molecule has 0 saturated heterocycles. The Morgan fingerprint density at radius 2 is 1.86 bits per heavy atom. The molecule has 0 saturated carbocycles. The van der Waals surface area contributed by atoms with E-state index in [0.29, 0.717) is 11.1 Å². The fourth-order valence-corrected chi connectivity index (χ4v) is 3.16. The summed E-state index contributed by atoms with van der Waals surface area (Å²) in [7, 11) is -2.33. The van der Waals surface area contributed by atoms with Crippen LogP contribution < -0.4 is 0 Å². The van der Waals surface area contributed by atoms with Crippen LogP contribution in [-0.2, 0) is 23.2 Å². The fourth-order valence-electron chi connectivity index (χ4n) is 1.94. The van der Waals surface area contributed by atoms with E-state index in [1.165, 1.54) is 25.2 Å². The molecule has 2 aromatic rings.